The molecule has 4 heteroatoms. The van der Waals surface area contributed by atoms with Crippen LogP contribution in [0.25, 0.3) is 0 Å². The first-order valence-electron chi connectivity index (χ1n) is 6.45. The molecule has 1 saturated heterocycles. The minimum absolute atomic E-state index is 0.0824. The highest BCUT2D eigenvalue weighted by Gasteiger charge is 2.34. The van der Waals surface area contributed by atoms with Crippen LogP contribution in [0.2, 0.25) is 0 Å². The van der Waals surface area contributed by atoms with Crippen molar-refractivity contribution in [2.45, 2.75) is 20.3 Å². The van der Waals surface area contributed by atoms with E-state index >= 15 is 0 Å². The first-order chi connectivity index (χ1) is 9.06. The Morgan fingerprint density at radius 1 is 1.32 bits per heavy atom. The Labute approximate surface area is 113 Å². The van der Waals surface area contributed by atoms with E-state index in [4.69, 9.17) is 14.2 Å². The molecule has 0 aromatic heterocycles. The lowest BCUT2D eigenvalue weighted by atomic mass is 9.88. The average Bonchev–Trinajstić information content (AvgIpc) is 2.72. The van der Waals surface area contributed by atoms with E-state index in [1.165, 1.54) is 0 Å². The second-order valence-corrected chi connectivity index (χ2v) is 5.04. The number of ether oxygens (including phenoxy) is 3. The van der Waals surface area contributed by atoms with Crippen molar-refractivity contribution in [3.8, 4) is 11.5 Å². The summed E-state index contributed by atoms with van der Waals surface area (Å²) in [5.41, 5.74) is 2.13. The normalized spacial score (nSPS) is 22.2. The van der Waals surface area contributed by atoms with Gasteiger partial charge in [0.05, 0.1) is 26.7 Å². The lowest BCUT2D eigenvalue weighted by Gasteiger charge is -2.17. The summed E-state index contributed by atoms with van der Waals surface area (Å²) < 4.78 is 15.8. The second kappa shape index (κ2) is 5.51. The first-order valence-corrected chi connectivity index (χ1v) is 6.45. The molecule has 4 nitrogen and oxygen atoms in total. The number of hydrogen-bond donors (Lipinski definition) is 0. The van der Waals surface area contributed by atoms with Gasteiger partial charge >= 0.3 is 5.97 Å². The summed E-state index contributed by atoms with van der Waals surface area (Å²) in [6.45, 7) is 4.56. The molecule has 1 aliphatic rings. The largest absolute Gasteiger partial charge is 0.497 e. The van der Waals surface area contributed by atoms with Gasteiger partial charge in [0.1, 0.15) is 11.5 Å². The van der Waals surface area contributed by atoms with Crippen LogP contribution in [0.15, 0.2) is 12.1 Å². The summed E-state index contributed by atoms with van der Waals surface area (Å²) in [4.78, 5) is 11.7. The summed E-state index contributed by atoms with van der Waals surface area (Å²) >= 11 is 0. The molecule has 1 aromatic carbocycles. The Morgan fingerprint density at radius 3 is 2.58 bits per heavy atom. The summed E-state index contributed by atoms with van der Waals surface area (Å²) in [7, 11) is 3.26. The number of cyclic esters (lactones) is 1. The van der Waals surface area contributed by atoms with E-state index in [2.05, 4.69) is 0 Å². The summed E-state index contributed by atoms with van der Waals surface area (Å²) in [6, 6.07) is 3.82. The zero-order valence-electron chi connectivity index (χ0n) is 11.9. The van der Waals surface area contributed by atoms with Gasteiger partial charge in [-0.25, -0.2) is 0 Å². The van der Waals surface area contributed by atoms with Gasteiger partial charge in [-0.05, 0) is 30.5 Å². The van der Waals surface area contributed by atoms with Gasteiger partial charge < -0.3 is 14.2 Å². The lowest BCUT2D eigenvalue weighted by molar-refractivity contribution is -0.141. The monoisotopic (exact) mass is 264 g/mol. The van der Waals surface area contributed by atoms with Crippen LogP contribution in [-0.2, 0) is 16.0 Å². The van der Waals surface area contributed by atoms with E-state index in [0.717, 1.165) is 22.6 Å². The predicted molar refractivity (Wildman–Crippen MR) is 71.6 cm³/mol. The maximum atomic E-state index is 11.7. The van der Waals surface area contributed by atoms with Crippen LogP contribution in [0.3, 0.4) is 0 Å². The molecule has 1 fully saturated rings. The third-order valence-corrected chi connectivity index (χ3v) is 3.76. The van der Waals surface area contributed by atoms with Gasteiger partial charge in [-0.3, -0.25) is 4.79 Å². The van der Waals surface area contributed by atoms with E-state index in [1.807, 2.05) is 26.0 Å². The van der Waals surface area contributed by atoms with Crippen molar-refractivity contribution in [3.63, 3.8) is 0 Å². The van der Waals surface area contributed by atoms with Gasteiger partial charge in [0.15, 0.2) is 0 Å². The number of carbonyl (C=O) groups is 1. The van der Waals surface area contributed by atoms with Gasteiger partial charge in [0, 0.05) is 12.0 Å². The molecular weight excluding hydrogens is 244 g/mol. The Balaban J connectivity index is 2.31. The highest BCUT2D eigenvalue weighted by atomic mass is 16.5. The molecule has 0 spiro atoms. The van der Waals surface area contributed by atoms with Gasteiger partial charge in [-0.15, -0.1) is 0 Å². The highest BCUT2D eigenvalue weighted by molar-refractivity contribution is 5.75. The summed E-state index contributed by atoms with van der Waals surface area (Å²) in [5, 5.41) is 0. The van der Waals surface area contributed by atoms with E-state index in [9.17, 15) is 4.79 Å². The van der Waals surface area contributed by atoms with Gasteiger partial charge in [0.2, 0.25) is 0 Å². The number of esters is 1. The van der Waals surface area contributed by atoms with Crippen LogP contribution in [0, 0.1) is 18.8 Å². The Kier molecular flexibility index (Phi) is 3.98. The van der Waals surface area contributed by atoms with Gasteiger partial charge in [-0.1, -0.05) is 6.92 Å². The topological polar surface area (TPSA) is 44.8 Å². The number of methoxy groups -OCH3 is 2. The molecule has 1 heterocycles. The fourth-order valence-corrected chi connectivity index (χ4v) is 2.49. The van der Waals surface area contributed by atoms with E-state index < -0.39 is 0 Å². The molecule has 2 atom stereocenters. The fraction of sp³-hybridized carbons (Fsp3) is 0.533. The lowest BCUT2D eigenvalue weighted by Crippen LogP contribution is -2.17. The van der Waals surface area contributed by atoms with E-state index in [1.54, 1.807) is 14.2 Å². The number of aryl methyl sites for hydroxylation is 1. The summed E-state index contributed by atoms with van der Waals surface area (Å²) in [6.07, 6.45) is 0.652. The van der Waals surface area contributed by atoms with Crippen molar-refractivity contribution >= 4 is 5.97 Å². The highest BCUT2D eigenvalue weighted by Crippen LogP contribution is 2.34. The molecule has 0 aliphatic carbocycles. The minimum atomic E-state index is -0.107. The van der Waals surface area contributed by atoms with Crippen molar-refractivity contribution in [1.82, 2.24) is 0 Å². The molecule has 19 heavy (non-hydrogen) atoms. The van der Waals surface area contributed by atoms with Crippen LogP contribution in [0.1, 0.15) is 18.1 Å². The molecule has 0 unspecified atom stereocenters. The molecule has 2 rings (SSSR count). The molecule has 104 valence electrons. The van der Waals surface area contributed by atoms with Crippen LogP contribution in [-0.4, -0.2) is 26.8 Å². The van der Waals surface area contributed by atoms with Gasteiger partial charge in [0.25, 0.3) is 0 Å². The van der Waals surface area contributed by atoms with Crippen molar-refractivity contribution in [2.75, 3.05) is 20.8 Å². The molecule has 1 aromatic rings. The van der Waals surface area contributed by atoms with E-state index in [-0.39, 0.29) is 17.8 Å². The fourth-order valence-electron chi connectivity index (χ4n) is 2.49. The van der Waals surface area contributed by atoms with Crippen molar-refractivity contribution in [2.24, 2.45) is 11.8 Å². The molecule has 0 saturated carbocycles. The molecular formula is C15H20O4. The van der Waals surface area contributed by atoms with E-state index in [0.29, 0.717) is 13.0 Å². The molecule has 0 radical (unpaired) electrons. The maximum absolute atomic E-state index is 11.7. The number of carbonyl (C=O) groups excluding carboxylic acids is 1. The zero-order chi connectivity index (χ0) is 14.0. The third-order valence-electron chi connectivity index (χ3n) is 3.76. The van der Waals surface area contributed by atoms with Crippen molar-refractivity contribution in [3.05, 3.63) is 23.3 Å². The Bertz CT molecular complexity index is 481. The predicted octanol–water partition coefficient (Wildman–Crippen LogP) is 2.36. The Hall–Kier alpha value is -1.71. The Morgan fingerprint density at radius 2 is 2.05 bits per heavy atom. The van der Waals surface area contributed by atoms with Crippen LogP contribution in [0.4, 0.5) is 0 Å². The number of rotatable bonds is 4. The SMILES string of the molecule is COc1cc(C)c(C[C@H]2C(=O)OC[C@@H]2C)c(OC)c1. The molecule has 0 N–H and O–H groups in total. The smallest absolute Gasteiger partial charge is 0.309 e. The maximum Gasteiger partial charge on any atom is 0.309 e. The third kappa shape index (κ3) is 2.67. The van der Waals surface area contributed by atoms with Crippen LogP contribution >= 0.6 is 0 Å². The summed E-state index contributed by atoms with van der Waals surface area (Å²) in [5.74, 6) is 1.59. The standard InChI is InChI=1S/C15H20O4/c1-9-5-11(17-3)6-14(18-4)12(9)7-13-10(2)8-19-15(13)16/h5-6,10,13H,7-8H2,1-4H3/t10-,13+/m0/s1. The number of hydrogen-bond acceptors (Lipinski definition) is 4. The number of benzene rings is 1. The second-order valence-electron chi connectivity index (χ2n) is 5.04. The molecule has 0 amide bonds. The molecule has 0 bridgehead atoms. The average molecular weight is 264 g/mol. The quantitative estimate of drug-likeness (QED) is 0.783. The van der Waals surface area contributed by atoms with Crippen LogP contribution in [0.5, 0.6) is 11.5 Å². The zero-order valence-corrected chi connectivity index (χ0v) is 11.9. The van der Waals surface area contributed by atoms with Crippen molar-refractivity contribution < 1.29 is 19.0 Å². The minimum Gasteiger partial charge on any atom is -0.497 e. The molecule has 1 aliphatic heterocycles. The van der Waals surface area contributed by atoms with Crippen LogP contribution < -0.4 is 9.47 Å². The van der Waals surface area contributed by atoms with Crippen molar-refractivity contribution in [1.29, 1.82) is 0 Å². The van der Waals surface area contributed by atoms with Gasteiger partial charge in [-0.2, -0.15) is 0 Å². The first kappa shape index (κ1) is 13.7.